The molecule has 0 saturated carbocycles. The summed E-state index contributed by atoms with van der Waals surface area (Å²) in [5, 5.41) is 27.9. The molecule has 10 heteroatoms. The normalized spacial score (nSPS) is 11.1. The first kappa shape index (κ1) is 23.4. The maximum absolute atomic E-state index is 13.1. The van der Waals surface area contributed by atoms with Crippen LogP contribution in [0.3, 0.4) is 0 Å². The van der Waals surface area contributed by atoms with Gasteiger partial charge in [0.25, 0.3) is 5.91 Å². The van der Waals surface area contributed by atoms with E-state index in [1.54, 1.807) is 72.9 Å². The Labute approximate surface area is 210 Å². The predicted octanol–water partition coefficient (Wildman–Crippen LogP) is 5.58. The summed E-state index contributed by atoms with van der Waals surface area (Å²) in [7, 11) is 1.25. The van der Waals surface area contributed by atoms with Crippen molar-refractivity contribution in [1.82, 2.24) is 14.8 Å². The van der Waals surface area contributed by atoms with Crippen LogP contribution in [0.1, 0.15) is 20.7 Å². The fraction of sp³-hybridized carbons (Fsp3) is 0.0370. The summed E-state index contributed by atoms with van der Waals surface area (Å²) in [6, 6.07) is 22.8. The van der Waals surface area contributed by atoms with Crippen LogP contribution < -0.4 is 5.32 Å². The van der Waals surface area contributed by atoms with Crippen molar-refractivity contribution in [1.29, 1.82) is 0 Å². The molecule has 0 aliphatic carbocycles. The molecule has 0 bridgehead atoms. The number of benzene rings is 3. The molecule has 0 saturated heterocycles. The van der Waals surface area contributed by atoms with Crippen LogP contribution in [0.15, 0.2) is 101 Å². The van der Waals surface area contributed by atoms with Crippen molar-refractivity contribution in [3.05, 3.63) is 102 Å². The molecule has 37 heavy (non-hydrogen) atoms. The number of pyridine rings is 1. The topological polar surface area (TPSA) is 131 Å². The van der Waals surface area contributed by atoms with E-state index in [0.717, 1.165) is 0 Å². The van der Waals surface area contributed by atoms with Gasteiger partial charge in [0.05, 0.1) is 18.9 Å². The molecule has 0 unspecified atom stereocenters. The number of carbonyl (C=O) groups is 2. The molecule has 0 aliphatic heterocycles. The van der Waals surface area contributed by atoms with Crippen molar-refractivity contribution in [2.75, 3.05) is 12.4 Å². The summed E-state index contributed by atoms with van der Waals surface area (Å²) in [5.74, 6) is -1.09. The number of carbonyl (C=O) groups excluding carboxylic acids is 2. The molecule has 182 valence electrons. The number of amides is 1. The molecular formula is C27H20N6O4. The third-order valence-corrected chi connectivity index (χ3v) is 5.53. The highest BCUT2D eigenvalue weighted by Gasteiger charge is 2.22. The van der Waals surface area contributed by atoms with Crippen LogP contribution in [0.4, 0.5) is 17.2 Å². The number of esters is 1. The van der Waals surface area contributed by atoms with Gasteiger partial charge in [0.1, 0.15) is 11.3 Å². The van der Waals surface area contributed by atoms with Crippen molar-refractivity contribution in [2.24, 2.45) is 10.2 Å². The standard InChI is InChI=1S/C27H20N6O4/c1-37-27(36)21-16-29-33(22-13-7-8-14-28-22)25(21)32-31-23-19-12-6-5-9-17(19)15-20(24(23)34)26(35)30-18-10-3-2-4-11-18/h2-16,34H,1H3,(H,30,35). The summed E-state index contributed by atoms with van der Waals surface area (Å²) in [5.41, 5.74) is 0.702. The number of aromatic hydroxyl groups is 1. The number of nitrogens with zero attached hydrogens (tertiary/aromatic N) is 5. The highest BCUT2D eigenvalue weighted by molar-refractivity contribution is 6.11. The van der Waals surface area contributed by atoms with Crippen molar-refractivity contribution in [3.63, 3.8) is 0 Å². The van der Waals surface area contributed by atoms with Crippen molar-refractivity contribution < 1.29 is 19.4 Å². The second kappa shape index (κ2) is 10.1. The Morgan fingerprint density at radius 3 is 2.46 bits per heavy atom. The maximum atomic E-state index is 13.1. The lowest BCUT2D eigenvalue weighted by Crippen LogP contribution is -2.12. The van der Waals surface area contributed by atoms with E-state index in [1.165, 1.54) is 18.0 Å². The van der Waals surface area contributed by atoms with Gasteiger partial charge in [0.15, 0.2) is 17.4 Å². The summed E-state index contributed by atoms with van der Waals surface area (Å²) in [6.45, 7) is 0. The Balaban J connectivity index is 1.63. The number of nitrogens with one attached hydrogen (secondary N) is 1. The quantitative estimate of drug-likeness (QED) is 0.235. The van der Waals surface area contributed by atoms with Gasteiger partial charge in [-0.3, -0.25) is 4.79 Å². The lowest BCUT2D eigenvalue weighted by Gasteiger charge is -2.11. The molecule has 0 fully saturated rings. The molecule has 10 nitrogen and oxygen atoms in total. The van der Waals surface area contributed by atoms with Crippen LogP contribution in [0.25, 0.3) is 16.6 Å². The fourth-order valence-corrected chi connectivity index (χ4v) is 3.75. The maximum Gasteiger partial charge on any atom is 0.343 e. The Kier molecular flexibility index (Phi) is 6.37. The smallest absolute Gasteiger partial charge is 0.343 e. The van der Waals surface area contributed by atoms with E-state index >= 15 is 0 Å². The lowest BCUT2D eigenvalue weighted by molar-refractivity contribution is 0.0601. The molecule has 5 aromatic rings. The third-order valence-electron chi connectivity index (χ3n) is 5.53. The van der Waals surface area contributed by atoms with E-state index in [-0.39, 0.29) is 28.4 Å². The fourth-order valence-electron chi connectivity index (χ4n) is 3.75. The second-order valence-corrected chi connectivity index (χ2v) is 7.84. The van der Waals surface area contributed by atoms with Gasteiger partial charge in [-0.2, -0.15) is 9.78 Å². The lowest BCUT2D eigenvalue weighted by atomic mass is 10.0. The van der Waals surface area contributed by atoms with E-state index in [2.05, 4.69) is 25.6 Å². The molecule has 1 amide bonds. The van der Waals surface area contributed by atoms with Gasteiger partial charge in [0, 0.05) is 17.3 Å². The monoisotopic (exact) mass is 492 g/mol. The van der Waals surface area contributed by atoms with E-state index in [0.29, 0.717) is 22.3 Å². The minimum Gasteiger partial charge on any atom is -0.505 e. The number of rotatable bonds is 6. The zero-order chi connectivity index (χ0) is 25.8. The number of phenols is 1. The van der Waals surface area contributed by atoms with Crippen LogP contribution in [0, 0.1) is 0 Å². The van der Waals surface area contributed by atoms with Gasteiger partial charge in [-0.15, -0.1) is 10.2 Å². The molecule has 2 heterocycles. The van der Waals surface area contributed by atoms with E-state index < -0.39 is 11.9 Å². The second-order valence-electron chi connectivity index (χ2n) is 7.84. The van der Waals surface area contributed by atoms with E-state index in [1.807, 2.05) is 12.1 Å². The summed E-state index contributed by atoms with van der Waals surface area (Å²) >= 11 is 0. The van der Waals surface area contributed by atoms with Crippen molar-refractivity contribution in [3.8, 4) is 11.6 Å². The van der Waals surface area contributed by atoms with Gasteiger partial charge in [-0.05, 0) is 35.7 Å². The van der Waals surface area contributed by atoms with E-state index in [4.69, 9.17) is 4.74 Å². The van der Waals surface area contributed by atoms with Gasteiger partial charge in [0.2, 0.25) is 0 Å². The molecule has 0 aliphatic rings. The Bertz CT molecular complexity index is 1630. The number of azo groups is 1. The highest BCUT2D eigenvalue weighted by Crippen LogP contribution is 2.40. The number of methoxy groups -OCH3 is 1. The van der Waals surface area contributed by atoms with Gasteiger partial charge in [-0.25, -0.2) is 9.78 Å². The van der Waals surface area contributed by atoms with Gasteiger partial charge in [-0.1, -0.05) is 48.5 Å². The average Bonchev–Trinajstić information content (AvgIpc) is 3.36. The number of phenolic OH excluding ortho intramolecular Hbond substituents is 1. The molecule has 2 aromatic heterocycles. The van der Waals surface area contributed by atoms with Crippen molar-refractivity contribution >= 4 is 39.8 Å². The predicted molar refractivity (Wildman–Crippen MR) is 137 cm³/mol. The SMILES string of the molecule is COC(=O)c1cnn(-c2ccccn2)c1N=Nc1c(O)c(C(=O)Nc2ccccc2)cc2ccccc12. The molecule has 0 radical (unpaired) electrons. The zero-order valence-corrected chi connectivity index (χ0v) is 19.6. The molecular weight excluding hydrogens is 472 g/mol. The molecule has 5 rings (SSSR count). The molecule has 2 N–H and O–H groups in total. The zero-order valence-electron chi connectivity index (χ0n) is 19.6. The summed E-state index contributed by atoms with van der Waals surface area (Å²) < 4.78 is 6.20. The van der Waals surface area contributed by atoms with Crippen LogP contribution in [0.2, 0.25) is 0 Å². The van der Waals surface area contributed by atoms with Gasteiger partial charge < -0.3 is 15.2 Å². The Morgan fingerprint density at radius 1 is 0.946 bits per heavy atom. The number of hydrogen-bond donors (Lipinski definition) is 2. The van der Waals surface area contributed by atoms with Crippen LogP contribution in [0.5, 0.6) is 5.75 Å². The summed E-state index contributed by atoms with van der Waals surface area (Å²) in [6.07, 6.45) is 2.88. The van der Waals surface area contributed by atoms with Gasteiger partial charge >= 0.3 is 5.97 Å². The average molecular weight is 492 g/mol. The Morgan fingerprint density at radius 2 is 1.70 bits per heavy atom. The first-order valence-electron chi connectivity index (χ1n) is 11.2. The van der Waals surface area contributed by atoms with Crippen molar-refractivity contribution in [2.45, 2.75) is 0 Å². The van der Waals surface area contributed by atoms with E-state index in [9.17, 15) is 14.7 Å². The Hall–Kier alpha value is -5.38. The van der Waals surface area contributed by atoms with Crippen LogP contribution in [-0.4, -0.2) is 38.9 Å². The van der Waals surface area contributed by atoms with Crippen LogP contribution >= 0.6 is 0 Å². The number of ether oxygens (including phenoxy) is 1. The number of hydrogen-bond acceptors (Lipinski definition) is 8. The minimum atomic E-state index is -0.666. The first-order valence-corrected chi connectivity index (χ1v) is 11.2. The summed E-state index contributed by atoms with van der Waals surface area (Å²) in [4.78, 5) is 29.7. The first-order chi connectivity index (χ1) is 18.1. The minimum absolute atomic E-state index is 0.0166. The molecule has 3 aromatic carbocycles. The third kappa shape index (κ3) is 4.63. The molecule has 0 atom stereocenters. The van der Waals surface area contributed by atoms with Crippen LogP contribution in [-0.2, 0) is 4.74 Å². The number of aromatic nitrogens is 3. The number of para-hydroxylation sites is 1. The largest absolute Gasteiger partial charge is 0.505 e. The number of anilines is 1. The molecule has 0 spiro atoms. The number of fused-ring (bicyclic) bond motifs is 1. The highest BCUT2D eigenvalue weighted by atomic mass is 16.5.